The second-order valence-electron chi connectivity index (χ2n) is 5.80. The van der Waals surface area contributed by atoms with E-state index in [9.17, 15) is 5.11 Å². The Labute approximate surface area is 129 Å². The second kappa shape index (κ2) is 5.21. The molecule has 22 heavy (non-hydrogen) atoms. The van der Waals surface area contributed by atoms with Gasteiger partial charge in [0.05, 0.1) is 7.11 Å². The number of hydrogen-bond donors (Lipinski definition) is 1. The summed E-state index contributed by atoms with van der Waals surface area (Å²) in [5.41, 5.74) is 3.66. The lowest BCUT2D eigenvalue weighted by Gasteiger charge is -2.19. The van der Waals surface area contributed by atoms with E-state index in [0.29, 0.717) is 0 Å². The van der Waals surface area contributed by atoms with E-state index < -0.39 is 0 Å². The molecule has 1 heterocycles. The minimum Gasteiger partial charge on any atom is -0.497 e. The third-order valence-corrected chi connectivity index (χ3v) is 4.63. The molecule has 2 aliphatic rings. The molecule has 0 saturated heterocycles. The van der Waals surface area contributed by atoms with E-state index in [4.69, 9.17) is 14.2 Å². The van der Waals surface area contributed by atoms with Gasteiger partial charge in [0, 0.05) is 12.5 Å². The third kappa shape index (κ3) is 2.03. The quantitative estimate of drug-likeness (QED) is 0.946. The monoisotopic (exact) mass is 298 g/mol. The summed E-state index contributed by atoms with van der Waals surface area (Å²) in [7, 11) is 1.66. The molecule has 4 rings (SSSR count). The summed E-state index contributed by atoms with van der Waals surface area (Å²) in [6.07, 6.45) is 0.860. The van der Waals surface area contributed by atoms with Crippen LogP contribution >= 0.6 is 0 Å². The van der Waals surface area contributed by atoms with Crippen LogP contribution in [0.4, 0.5) is 0 Å². The first-order valence-corrected chi connectivity index (χ1v) is 7.47. The van der Waals surface area contributed by atoms with Crippen LogP contribution in [0.2, 0.25) is 0 Å². The Morgan fingerprint density at radius 1 is 1.14 bits per heavy atom. The average Bonchev–Trinajstić information content (AvgIpc) is 3.15. The van der Waals surface area contributed by atoms with Gasteiger partial charge < -0.3 is 19.3 Å². The Balaban J connectivity index is 1.77. The van der Waals surface area contributed by atoms with Crippen LogP contribution in [0.5, 0.6) is 17.2 Å². The normalized spacial score (nSPS) is 21.7. The van der Waals surface area contributed by atoms with Crippen molar-refractivity contribution in [1.29, 1.82) is 0 Å². The number of methoxy groups -OCH3 is 1. The predicted octanol–water partition coefficient (Wildman–Crippen LogP) is 2.72. The van der Waals surface area contributed by atoms with Crippen LogP contribution in [0.15, 0.2) is 36.4 Å². The number of benzene rings is 2. The van der Waals surface area contributed by atoms with E-state index in [0.717, 1.165) is 23.7 Å². The molecule has 0 unspecified atom stereocenters. The van der Waals surface area contributed by atoms with Gasteiger partial charge in [-0.05, 0) is 53.3 Å². The molecule has 2 aromatic rings. The predicted molar refractivity (Wildman–Crippen MR) is 81.7 cm³/mol. The molecule has 2 aromatic carbocycles. The average molecular weight is 298 g/mol. The summed E-state index contributed by atoms with van der Waals surface area (Å²) < 4.78 is 16.2. The number of ether oxygens (including phenoxy) is 3. The lowest BCUT2D eigenvalue weighted by Crippen LogP contribution is -2.13. The van der Waals surface area contributed by atoms with Crippen molar-refractivity contribution >= 4 is 0 Å². The first-order chi connectivity index (χ1) is 10.8. The minimum absolute atomic E-state index is 0.164. The SMILES string of the molecule is COc1ccc([C@@H]2c3cc4c(cc3C[C@H]2CO)OCO4)cc1. The minimum atomic E-state index is 0.164. The summed E-state index contributed by atoms with van der Waals surface area (Å²) >= 11 is 0. The molecular weight excluding hydrogens is 280 g/mol. The van der Waals surface area contributed by atoms with Gasteiger partial charge in [0.15, 0.2) is 11.5 Å². The van der Waals surface area contributed by atoms with Crippen molar-refractivity contribution in [2.75, 3.05) is 20.5 Å². The molecule has 1 aliphatic carbocycles. The fraction of sp³-hybridized carbons (Fsp3) is 0.333. The third-order valence-electron chi connectivity index (χ3n) is 4.63. The van der Waals surface area contributed by atoms with E-state index in [2.05, 4.69) is 24.3 Å². The van der Waals surface area contributed by atoms with Crippen molar-refractivity contribution < 1.29 is 19.3 Å². The van der Waals surface area contributed by atoms with Gasteiger partial charge >= 0.3 is 0 Å². The van der Waals surface area contributed by atoms with Crippen molar-refractivity contribution in [3.63, 3.8) is 0 Å². The molecule has 4 heteroatoms. The van der Waals surface area contributed by atoms with Gasteiger partial charge in [-0.15, -0.1) is 0 Å². The van der Waals surface area contributed by atoms with Crippen LogP contribution in [-0.2, 0) is 6.42 Å². The van der Waals surface area contributed by atoms with Gasteiger partial charge in [-0.3, -0.25) is 0 Å². The highest BCUT2D eigenvalue weighted by atomic mass is 16.7. The van der Waals surface area contributed by atoms with Crippen molar-refractivity contribution in [2.45, 2.75) is 12.3 Å². The molecule has 1 aliphatic heterocycles. The topological polar surface area (TPSA) is 47.9 Å². The smallest absolute Gasteiger partial charge is 0.231 e. The maximum Gasteiger partial charge on any atom is 0.231 e. The first-order valence-electron chi connectivity index (χ1n) is 7.47. The molecule has 0 aromatic heterocycles. The molecule has 4 nitrogen and oxygen atoms in total. The number of fused-ring (bicyclic) bond motifs is 2. The Hall–Kier alpha value is -2.20. The molecule has 0 fully saturated rings. The van der Waals surface area contributed by atoms with Gasteiger partial charge in [0.1, 0.15) is 5.75 Å². The zero-order chi connectivity index (χ0) is 15.1. The van der Waals surface area contributed by atoms with Gasteiger partial charge in [-0.25, -0.2) is 0 Å². The summed E-state index contributed by atoms with van der Waals surface area (Å²) in [5.74, 6) is 2.82. The number of aliphatic hydroxyl groups excluding tert-OH is 1. The summed E-state index contributed by atoms with van der Waals surface area (Å²) in [6, 6.07) is 12.2. The van der Waals surface area contributed by atoms with Gasteiger partial charge in [0.2, 0.25) is 6.79 Å². The van der Waals surface area contributed by atoms with Crippen molar-refractivity contribution in [1.82, 2.24) is 0 Å². The van der Waals surface area contributed by atoms with E-state index in [1.807, 2.05) is 12.1 Å². The number of rotatable bonds is 3. The molecule has 114 valence electrons. The highest BCUT2D eigenvalue weighted by molar-refractivity contribution is 5.54. The van der Waals surface area contributed by atoms with Gasteiger partial charge in [0.25, 0.3) is 0 Å². The van der Waals surface area contributed by atoms with E-state index in [1.54, 1.807) is 7.11 Å². The standard InChI is InChI=1S/C18H18O4/c1-20-14-4-2-11(3-5-14)18-13(9-19)6-12-7-16-17(8-15(12)18)22-10-21-16/h2-5,7-8,13,18-19H,6,9-10H2,1H3/t13-,18-/m0/s1. The van der Waals surface area contributed by atoms with E-state index in [-0.39, 0.29) is 25.2 Å². The fourth-order valence-electron chi connectivity index (χ4n) is 3.55. The zero-order valence-corrected chi connectivity index (χ0v) is 12.4. The zero-order valence-electron chi connectivity index (χ0n) is 12.4. The molecule has 0 radical (unpaired) electrons. The van der Waals surface area contributed by atoms with Crippen LogP contribution in [0.25, 0.3) is 0 Å². The highest BCUT2D eigenvalue weighted by Gasteiger charge is 2.35. The summed E-state index contributed by atoms with van der Waals surface area (Å²) in [6.45, 7) is 0.451. The molecule has 0 bridgehead atoms. The van der Waals surface area contributed by atoms with Crippen molar-refractivity contribution in [3.05, 3.63) is 53.1 Å². The van der Waals surface area contributed by atoms with Crippen LogP contribution in [0.1, 0.15) is 22.6 Å². The van der Waals surface area contributed by atoms with Crippen LogP contribution in [-0.4, -0.2) is 25.6 Å². The Morgan fingerprint density at radius 3 is 2.55 bits per heavy atom. The lowest BCUT2D eigenvalue weighted by molar-refractivity contribution is 0.173. The highest BCUT2D eigenvalue weighted by Crippen LogP contribution is 2.47. The first kappa shape index (κ1) is 13.5. The van der Waals surface area contributed by atoms with Crippen LogP contribution in [0.3, 0.4) is 0 Å². The van der Waals surface area contributed by atoms with Gasteiger partial charge in [-0.2, -0.15) is 0 Å². The van der Waals surface area contributed by atoms with Crippen molar-refractivity contribution in [3.8, 4) is 17.2 Å². The fourth-order valence-corrected chi connectivity index (χ4v) is 3.55. The number of hydrogen-bond acceptors (Lipinski definition) is 4. The molecule has 0 saturated carbocycles. The molecule has 1 N–H and O–H groups in total. The second-order valence-corrected chi connectivity index (χ2v) is 5.80. The maximum absolute atomic E-state index is 9.79. The Kier molecular flexibility index (Phi) is 3.19. The van der Waals surface area contributed by atoms with E-state index in [1.165, 1.54) is 16.7 Å². The Morgan fingerprint density at radius 2 is 1.86 bits per heavy atom. The molecular formula is C18H18O4. The van der Waals surface area contributed by atoms with Crippen LogP contribution < -0.4 is 14.2 Å². The summed E-state index contributed by atoms with van der Waals surface area (Å²) in [4.78, 5) is 0. The van der Waals surface area contributed by atoms with E-state index >= 15 is 0 Å². The van der Waals surface area contributed by atoms with Gasteiger partial charge in [-0.1, -0.05) is 12.1 Å². The lowest BCUT2D eigenvalue weighted by atomic mass is 9.86. The van der Waals surface area contributed by atoms with Crippen LogP contribution in [0, 0.1) is 5.92 Å². The molecule has 0 spiro atoms. The van der Waals surface area contributed by atoms with Crippen molar-refractivity contribution in [2.24, 2.45) is 5.92 Å². The maximum atomic E-state index is 9.79. The molecule has 0 amide bonds. The molecule has 2 atom stereocenters. The largest absolute Gasteiger partial charge is 0.497 e. The summed E-state index contributed by atoms with van der Waals surface area (Å²) in [5, 5.41) is 9.79. The number of aliphatic hydroxyl groups is 1. The Bertz CT molecular complexity index is 693.